The molecule has 3 rings (SSSR count). The summed E-state index contributed by atoms with van der Waals surface area (Å²) in [7, 11) is 3.15. The lowest BCUT2D eigenvalue weighted by molar-refractivity contribution is 0.0955. The fourth-order valence-corrected chi connectivity index (χ4v) is 2.94. The van der Waals surface area contributed by atoms with Gasteiger partial charge in [-0.15, -0.1) is 0 Å². The third-order valence-corrected chi connectivity index (χ3v) is 4.33. The molecule has 1 heterocycles. The number of aryl methyl sites for hydroxylation is 2. The van der Waals surface area contributed by atoms with Gasteiger partial charge in [-0.3, -0.25) is 4.79 Å². The summed E-state index contributed by atoms with van der Waals surface area (Å²) in [6.45, 7) is 4.86. The highest BCUT2D eigenvalue weighted by atomic mass is 16.5. The van der Waals surface area contributed by atoms with Crippen molar-refractivity contribution in [1.29, 1.82) is 0 Å². The SMILES string of the molecule is CCn1c(C)nc2cc(C(=O)N/N=C\c3ccc(OC)cc3OC)ccc21. The predicted octanol–water partition coefficient (Wildman–Crippen LogP) is 3.15. The lowest BCUT2D eigenvalue weighted by Crippen LogP contribution is -2.17. The van der Waals surface area contributed by atoms with Crippen LogP contribution in [0.2, 0.25) is 0 Å². The van der Waals surface area contributed by atoms with Gasteiger partial charge in [-0.05, 0) is 44.2 Å². The van der Waals surface area contributed by atoms with Crippen LogP contribution in [0.3, 0.4) is 0 Å². The van der Waals surface area contributed by atoms with Crippen LogP contribution in [0.15, 0.2) is 41.5 Å². The Bertz CT molecular complexity index is 1010. The number of hydrazone groups is 1. The second-order valence-electron chi connectivity index (χ2n) is 5.91. The van der Waals surface area contributed by atoms with E-state index in [-0.39, 0.29) is 5.91 Å². The number of benzene rings is 2. The molecule has 0 radical (unpaired) electrons. The fourth-order valence-electron chi connectivity index (χ4n) is 2.94. The largest absolute Gasteiger partial charge is 0.497 e. The van der Waals surface area contributed by atoms with Gasteiger partial charge in [-0.1, -0.05) is 0 Å². The third-order valence-electron chi connectivity index (χ3n) is 4.33. The Kier molecular flexibility index (Phi) is 5.40. The van der Waals surface area contributed by atoms with Crippen LogP contribution in [0.25, 0.3) is 11.0 Å². The molecule has 3 aromatic rings. The summed E-state index contributed by atoms with van der Waals surface area (Å²) in [5, 5.41) is 4.03. The maximum Gasteiger partial charge on any atom is 0.271 e. The van der Waals surface area contributed by atoms with Gasteiger partial charge in [0.1, 0.15) is 17.3 Å². The molecule has 0 saturated carbocycles. The number of carbonyl (C=O) groups excluding carboxylic acids is 1. The van der Waals surface area contributed by atoms with Crippen molar-refractivity contribution in [2.45, 2.75) is 20.4 Å². The summed E-state index contributed by atoms with van der Waals surface area (Å²) < 4.78 is 12.6. The molecule has 2 aromatic carbocycles. The van der Waals surface area contributed by atoms with E-state index in [2.05, 4.69) is 27.0 Å². The summed E-state index contributed by atoms with van der Waals surface area (Å²) in [5.74, 6) is 1.91. The lowest BCUT2D eigenvalue weighted by atomic mass is 10.2. The van der Waals surface area contributed by atoms with Gasteiger partial charge in [0.15, 0.2) is 0 Å². The lowest BCUT2D eigenvalue weighted by Gasteiger charge is -2.07. The van der Waals surface area contributed by atoms with Gasteiger partial charge in [-0.2, -0.15) is 5.10 Å². The van der Waals surface area contributed by atoms with Crippen molar-refractivity contribution in [3.63, 3.8) is 0 Å². The van der Waals surface area contributed by atoms with Crippen molar-refractivity contribution in [1.82, 2.24) is 15.0 Å². The molecule has 140 valence electrons. The van der Waals surface area contributed by atoms with Crippen LogP contribution in [-0.2, 0) is 6.54 Å². The van der Waals surface area contributed by atoms with Crippen LogP contribution in [0.5, 0.6) is 11.5 Å². The summed E-state index contributed by atoms with van der Waals surface area (Å²) in [6, 6.07) is 10.8. The Morgan fingerprint density at radius 3 is 2.74 bits per heavy atom. The molecule has 0 spiro atoms. The molecule has 0 aliphatic rings. The molecule has 0 bridgehead atoms. The van der Waals surface area contributed by atoms with E-state index in [1.165, 1.54) is 6.21 Å². The van der Waals surface area contributed by atoms with Crippen molar-refractivity contribution in [3.05, 3.63) is 53.3 Å². The Morgan fingerprint density at radius 2 is 2.04 bits per heavy atom. The van der Waals surface area contributed by atoms with Crippen LogP contribution in [-0.4, -0.2) is 35.9 Å². The molecule has 7 heteroatoms. The standard InChI is InChI=1S/C20H22N4O3/c1-5-24-13(2)22-17-10-14(7-9-18(17)24)20(25)23-21-12-15-6-8-16(26-3)11-19(15)27-4/h6-12H,5H2,1-4H3,(H,23,25)/b21-12-. The first kappa shape index (κ1) is 18.4. The van der Waals surface area contributed by atoms with Crippen molar-refractivity contribution < 1.29 is 14.3 Å². The van der Waals surface area contributed by atoms with Crippen LogP contribution >= 0.6 is 0 Å². The Labute approximate surface area is 157 Å². The summed E-state index contributed by atoms with van der Waals surface area (Å²) in [6.07, 6.45) is 1.53. The first-order valence-electron chi connectivity index (χ1n) is 8.59. The molecule has 0 aliphatic carbocycles. The van der Waals surface area contributed by atoms with Gasteiger partial charge in [0.05, 0.1) is 31.5 Å². The number of hydrogen-bond donors (Lipinski definition) is 1. The number of ether oxygens (including phenoxy) is 2. The molecular formula is C20H22N4O3. The molecule has 7 nitrogen and oxygen atoms in total. The molecule has 27 heavy (non-hydrogen) atoms. The molecular weight excluding hydrogens is 344 g/mol. The van der Waals surface area contributed by atoms with Gasteiger partial charge >= 0.3 is 0 Å². The first-order chi connectivity index (χ1) is 13.1. The minimum absolute atomic E-state index is 0.302. The number of rotatable bonds is 6. The summed E-state index contributed by atoms with van der Waals surface area (Å²) in [4.78, 5) is 16.9. The van der Waals surface area contributed by atoms with Crippen molar-refractivity contribution >= 4 is 23.2 Å². The van der Waals surface area contributed by atoms with E-state index in [0.717, 1.165) is 29.0 Å². The number of amides is 1. The van der Waals surface area contributed by atoms with Gasteiger partial charge in [0.2, 0.25) is 0 Å². The number of carbonyl (C=O) groups is 1. The van der Waals surface area contributed by atoms with E-state index in [1.807, 2.05) is 13.0 Å². The number of fused-ring (bicyclic) bond motifs is 1. The first-order valence-corrected chi connectivity index (χ1v) is 8.59. The molecule has 1 amide bonds. The van der Waals surface area contributed by atoms with Crippen LogP contribution in [0.1, 0.15) is 28.7 Å². The molecule has 0 unspecified atom stereocenters. The molecule has 0 aliphatic heterocycles. The van der Waals surface area contributed by atoms with Gasteiger partial charge < -0.3 is 14.0 Å². The molecule has 0 atom stereocenters. The van der Waals surface area contributed by atoms with E-state index in [1.54, 1.807) is 44.6 Å². The van der Waals surface area contributed by atoms with Gasteiger partial charge in [0.25, 0.3) is 5.91 Å². The Balaban J connectivity index is 1.76. The van der Waals surface area contributed by atoms with Crippen molar-refractivity contribution in [3.8, 4) is 11.5 Å². The van der Waals surface area contributed by atoms with E-state index < -0.39 is 0 Å². The maximum atomic E-state index is 12.4. The minimum atomic E-state index is -0.302. The van der Waals surface area contributed by atoms with Gasteiger partial charge in [-0.25, -0.2) is 10.4 Å². The van der Waals surface area contributed by atoms with Crippen molar-refractivity contribution in [2.24, 2.45) is 5.10 Å². The summed E-state index contributed by atoms with van der Waals surface area (Å²) >= 11 is 0. The monoisotopic (exact) mass is 366 g/mol. The van der Waals surface area contributed by atoms with Crippen LogP contribution in [0.4, 0.5) is 0 Å². The third kappa shape index (κ3) is 3.76. The highest BCUT2D eigenvalue weighted by Crippen LogP contribution is 2.23. The predicted molar refractivity (Wildman–Crippen MR) is 105 cm³/mol. The maximum absolute atomic E-state index is 12.4. The fraction of sp³-hybridized carbons (Fsp3) is 0.250. The molecule has 1 N–H and O–H groups in total. The number of aromatic nitrogens is 2. The number of nitrogens with zero attached hydrogens (tertiary/aromatic N) is 3. The zero-order valence-corrected chi connectivity index (χ0v) is 15.8. The van der Waals surface area contributed by atoms with E-state index in [4.69, 9.17) is 9.47 Å². The quantitative estimate of drug-likeness (QED) is 0.537. The smallest absolute Gasteiger partial charge is 0.271 e. The van der Waals surface area contributed by atoms with Gasteiger partial charge in [0, 0.05) is 23.7 Å². The highest BCUT2D eigenvalue weighted by molar-refractivity contribution is 5.98. The van der Waals surface area contributed by atoms with Crippen LogP contribution < -0.4 is 14.9 Å². The molecule has 0 fully saturated rings. The van der Waals surface area contributed by atoms with E-state index >= 15 is 0 Å². The summed E-state index contributed by atoms with van der Waals surface area (Å²) in [5.41, 5.74) is 5.57. The number of nitrogens with one attached hydrogen (secondary N) is 1. The Hall–Kier alpha value is -3.35. The zero-order valence-electron chi connectivity index (χ0n) is 15.8. The number of hydrogen-bond acceptors (Lipinski definition) is 5. The normalized spacial score (nSPS) is 11.1. The average Bonchev–Trinajstić information content (AvgIpc) is 3.01. The number of imidazole rings is 1. The second-order valence-corrected chi connectivity index (χ2v) is 5.91. The molecule has 1 aromatic heterocycles. The topological polar surface area (TPSA) is 77.7 Å². The van der Waals surface area contributed by atoms with Crippen molar-refractivity contribution in [2.75, 3.05) is 14.2 Å². The minimum Gasteiger partial charge on any atom is -0.497 e. The van der Waals surface area contributed by atoms with E-state index in [0.29, 0.717) is 17.1 Å². The average molecular weight is 366 g/mol. The van der Waals surface area contributed by atoms with E-state index in [9.17, 15) is 4.79 Å². The second kappa shape index (κ2) is 7.90. The Morgan fingerprint density at radius 1 is 1.22 bits per heavy atom. The molecule has 0 saturated heterocycles. The van der Waals surface area contributed by atoms with Crippen LogP contribution in [0, 0.1) is 6.92 Å². The zero-order chi connectivity index (χ0) is 19.4. The highest BCUT2D eigenvalue weighted by Gasteiger charge is 2.10. The number of methoxy groups -OCH3 is 2.